The van der Waals surface area contributed by atoms with Crippen molar-refractivity contribution < 1.29 is 23.4 Å². The average molecular weight is 373 g/mol. The van der Waals surface area contributed by atoms with Gasteiger partial charge in [-0.2, -0.15) is 4.39 Å². The van der Waals surface area contributed by atoms with Crippen molar-refractivity contribution >= 4 is 6.03 Å². The van der Waals surface area contributed by atoms with Gasteiger partial charge in [-0.25, -0.2) is 14.2 Å². The summed E-state index contributed by atoms with van der Waals surface area (Å²) in [6, 6.07) is -0.812. The molecule has 1 saturated carbocycles. The number of nitrogens with zero attached hydrogens (tertiary/aromatic N) is 1. The average Bonchev–Trinajstić information content (AvgIpc) is 2.63. The Balaban J connectivity index is 1.96. The van der Waals surface area contributed by atoms with Crippen molar-refractivity contribution in [2.75, 3.05) is 27.9 Å². The molecule has 4 atom stereocenters. The highest BCUT2D eigenvalue weighted by atomic mass is 19.1. The third-order valence-electron chi connectivity index (χ3n) is 4.73. The Morgan fingerprint density at radius 3 is 2.54 bits per heavy atom. The first kappa shape index (κ1) is 20.3. The van der Waals surface area contributed by atoms with Gasteiger partial charge in [0, 0.05) is 27.9 Å². The zero-order chi connectivity index (χ0) is 19.3. The van der Waals surface area contributed by atoms with E-state index in [1.165, 1.54) is 0 Å². The van der Waals surface area contributed by atoms with E-state index >= 15 is 0 Å². The third kappa shape index (κ3) is 4.37. The third-order valence-corrected chi connectivity index (χ3v) is 4.73. The molecule has 1 aliphatic carbocycles. The number of nitrogens with one attached hydrogen (secondary N) is 2. The van der Waals surface area contributed by atoms with Crippen molar-refractivity contribution in [3.63, 3.8) is 0 Å². The number of aromatic nitrogens is 2. The topological polar surface area (TPSA) is 112 Å². The summed E-state index contributed by atoms with van der Waals surface area (Å²) in [6.07, 6.45) is 2.33. The second-order valence-corrected chi connectivity index (χ2v) is 6.14. The van der Waals surface area contributed by atoms with Crippen LogP contribution in [0.25, 0.3) is 0 Å². The molecule has 0 aromatic carbocycles. The maximum Gasteiger partial charge on any atom is 0.336 e. The van der Waals surface area contributed by atoms with Gasteiger partial charge in [0.2, 0.25) is 5.82 Å². The van der Waals surface area contributed by atoms with E-state index in [-0.39, 0.29) is 30.8 Å². The molecular formula is C16H24FN3O6. The fourth-order valence-electron chi connectivity index (χ4n) is 3.41. The Morgan fingerprint density at radius 2 is 1.92 bits per heavy atom. The van der Waals surface area contributed by atoms with E-state index in [2.05, 4.69) is 5.32 Å². The Kier molecular flexibility index (Phi) is 7.06. The lowest BCUT2D eigenvalue weighted by atomic mass is 9.80. The molecule has 0 aliphatic heterocycles. The molecule has 9 nitrogen and oxygen atoms in total. The summed E-state index contributed by atoms with van der Waals surface area (Å²) in [5.41, 5.74) is -2.16. The van der Waals surface area contributed by atoms with Crippen molar-refractivity contribution in [2.45, 2.75) is 37.6 Å². The first-order valence-corrected chi connectivity index (χ1v) is 8.31. The van der Waals surface area contributed by atoms with Crippen molar-refractivity contribution in [3.05, 3.63) is 32.9 Å². The molecule has 0 spiro atoms. The van der Waals surface area contributed by atoms with Crippen LogP contribution in [0.3, 0.4) is 0 Å². The molecule has 26 heavy (non-hydrogen) atoms. The van der Waals surface area contributed by atoms with Gasteiger partial charge in [-0.3, -0.25) is 9.78 Å². The van der Waals surface area contributed by atoms with E-state index < -0.39 is 23.1 Å². The minimum atomic E-state index is -1.21. The van der Waals surface area contributed by atoms with Gasteiger partial charge < -0.3 is 19.5 Å². The first-order valence-electron chi connectivity index (χ1n) is 8.31. The lowest BCUT2D eigenvalue weighted by molar-refractivity contribution is -0.150. The van der Waals surface area contributed by atoms with Crippen LogP contribution in [0.15, 0.2) is 15.8 Å². The number of halogens is 1. The Hall–Kier alpha value is -2.04. The van der Waals surface area contributed by atoms with Gasteiger partial charge in [-0.15, -0.1) is 0 Å². The molecule has 2 rings (SSSR count). The highest BCUT2D eigenvalue weighted by Gasteiger charge is 2.39. The molecule has 0 saturated heterocycles. The number of carbonyl (C=O) groups is 1. The number of hydrogen-bond acceptors (Lipinski definition) is 6. The van der Waals surface area contributed by atoms with Crippen LogP contribution in [0.2, 0.25) is 0 Å². The van der Waals surface area contributed by atoms with E-state index in [1.54, 1.807) is 26.3 Å². The van der Waals surface area contributed by atoms with Crippen molar-refractivity contribution in [2.24, 2.45) is 5.92 Å². The predicted octanol–water partition coefficient (Wildman–Crippen LogP) is 0.0785. The quantitative estimate of drug-likeness (QED) is 0.730. The molecule has 2 N–H and O–H groups in total. The summed E-state index contributed by atoms with van der Waals surface area (Å²) in [7, 11) is 4.83. The van der Waals surface area contributed by atoms with Crippen LogP contribution in [-0.2, 0) is 14.2 Å². The Labute approximate surface area is 149 Å². The second kappa shape index (κ2) is 9.06. The van der Waals surface area contributed by atoms with Gasteiger partial charge in [0.05, 0.1) is 18.4 Å². The summed E-state index contributed by atoms with van der Waals surface area (Å²) in [5, 5.41) is 2.54. The fourth-order valence-corrected chi connectivity index (χ4v) is 3.41. The van der Waals surface area contributed by atoms with Crippen LogP contribution in [0.4, 0.5) is 9.18 Å². The normalized spacial score (nSPS) is 25.8. The maximum atomic E-state index is 13.3. The molecular weight excluding hydrogens is 349 g/mol. The zero-order valence-electron chi connectivity index (χ0n) is 15.0. The van der Waals surface area contributed by atoms with Gasteiger partial charge in [0.25, 0.3) is 5.56 Å². The molecule has 1 heterocycles. The van der Waals surface area contributed by atoms with Crippen LogP contribution in [0, 0.1) is 11.7 Å². The van der Waals surface area contributed by atoms with Crippen LogP contribution >= 0.6 is 0 Å². The summed E-state index contributed by atoms with van der Waals surface area (Å²) in [5.74, 6) is -1.08. The molecule has 1 aromatic rings. The molecule has 1 aliphatic rings. The Bertz CT molecular complexity index is 733. The largest absolute Gasteiger partial charge is 0.379 e. The monoisotopic (exact) mass is 373 g/mol. The number of methoxy groups -OCH3 is 3. The molecule has 1 fully saturated rings. The number of amides is 1. The van der Waals surface area contributed by atoms with E-state index in [0.717, 1.165) is 12.8 Å². The van der Waals surface area contributed by atoms with Gasteiger partial charge in [0.1, 0.15) is 6.10 Å². The second-order valence-electron chi connectivity index (χ2n) is 6.14. The van der Waals surface area contributed by atoms with Gasteiger partial charge in [-0.1, -0.05) is 0 Å². The smallest absolute Gasteiger partial charge is 0.336 e. The molecule has 0 bridgehead atoms. The van der Waals surface area contributed by atoms with Crippen molar-refractivity contribution in [1.29, 1.82) is 0 Å². The standard InChI is InChI=1S/C16H24FN3O6/c1-24-11-5-4-9(12(25-2)13(11)26-3)6-7-18-15(22)20-8-10(17)14(21)19-16(20)23/h8-9,11-13H,4-7H2,1-3H3,(H,18,22)(H,19,21,23). The molecule has 10 heteroatoms. The van der Waals surface area contributed by atoms with E-state index in [1.807, 2.05) is 0 Å². The highest BCUT2D eigenvalue weighted by Crippen LogP contribution is 2.32. The predicted molar refractivity (Wildman–Crippen MR) is 89.8 cm³/mol. The number of H-pyrrole nitrogens is 1. The molecule has 4 unspecified atom stereocenters. The minimum absolute atomic E-state index is 0.0570. The lowest BCUT2D eigenvalue weighted by Gasteiger charge is -2.40. The number of ether oxygens (including phenoxy) is 3. The summed E-state index contributed by atoms with van der Waals surface area (Å²) >= 11 is 0. The maximum absolute atomic E-state index is 13.3. The van der Waals surface area contributed by atoms with Crippen molar-refractivity contribution in [1.82, 2.24) is 14.9 Å². The first-order chi connectivity index (χ1) is 12.4. The summed E-state index contributed by atoms with van der Waals surface area (Å²) in [4.78, 5) is 36.3. The minimum Gasteiger partial charge on any atom is -0.379 e. The number of carbonyl (C=O) groups excluding carboxylic acids is 1. The van der Waals surface area contributed by atoms with Gasteiger partial charge >= 0.3 is 11.7 Å². The SMILES string of the molecule is COC1CCC(CCNC(=O)n2cc(F)c(=O)[nH]c2=O)C(OC)C1OC. The van der Waals surface area contributed by atoms with Gasteiger partial charge in [-0.05, 0) is 25.2 Å². The summed E-state index contributed by atoms with van der Waals surface area (Å²) in [6.45, 7) is 0.255. The zero-order valence-corrected chi connectivity index (χ0v) is 15.0. The molecule has 0 radical (unpaired) electrons. The Morgan fingerprint density at radius 1 is 1.23 bits per heavy atom. The number of hydrogen-bond donors (Lipinski definition) is 2. The fraction of sp³-hybridized carbons (Fsp3) is 0.688. The summed E-state index contributed by atoms with van der Waals surface area (Å²) < 4.78 is 30.3. The number of rotatable bonds is 6. The van der Waals surface area contributed by atoms with Gasteiger partial charge in [0.15, 0.2) is 0 Å². The van der Waals surface area contributed by atoms with E-state index in [4.69, 9.17) is 14.2 Å². The van der Waals surface area contributed by atoms with Crippen molar-refractivity contribution in [3.8, 4) is 0 Å². The molecule has 1 aromatic heterocycles. The molecule has 146 valence electrons. The van der Waals surface area contributed by atoms with Crippen LogP contribution in [0.5, 0.6) is 0 Å². The molecule has 1 amide bonds. The van der Waals surface area contributed by atoms with Crippen LogP contribution < -0.4 is 16.6 Å². The lowest BCUT2D eigenvalue weighted by Crippen LogP contribution is -2.50. The number of aromatic amines is 1. The van der Waals surface area contributed by atoms with Crippen LogP contribution in [0.1, 0.15) is 19.3 Å². The highest BCUT2D eigenvalue weighted by molar-refractivity contribution is 5.76. The van der Waals surface area contributed by atoms with E-state index in [0.29, 0.717) is 17.2 Å². The van der Waals surface area contributed by atoms with E-state index in [9.17, 15) is 18.8 Å². The van der Waals surface area contributed by atoms with Crippen LogP contribution in [-0.4, -0.2) is 61.8 Å².